The molecule has 2 unspecified atom stereocenters. The molecule has 1 fully saturated rings. The highest BCUT2D eigenvalue weighted by atomic mass is 35.5. The minimum Gasteiger partial charge on any atom is -0.398 e. The molecule has 19 heavy (non-hydrogen) atoms. The van der Waals surface area contributed by atoms with Gasteiger partial charge in [0.25, 0.3) is 0 Å². The summed E-state index contributed by atoms with van der Waals surface area (Å²) in [7, 11) is -2.02. The lowest BCUT2D eigenvalue weighted by Crippen LogP contribution is -2.40. The monoisotopic (exact) mass is 304 g/mol. The van der Waals surface area contributed by atoms with E-state index < -0.39 is 10.0 Å². The molecular weight excluding hydrogens is 288 g/mol. The maximum atomic E-state index is 12.5. The summed E-state index contributed by atoms with van der Waals surface area (Å²) in [5.41, 5.74) is 5.95. The maximum absolute atomic E-state index is 12.5. The van der Waals surface area contributed by atoms with Gasteiger partial charge in [-0.3, -0.25) is 0 Å². The maximum Gasteiger partial charge on any atom is 0.243 e. The van der Waals surface area contributed by atoms with Crippen molar-refractivity contribution in [1.82, 2.24) is 4.31 Å². The summed E-state index contributed by atoms with van der Waals surface area (Å²) in [4.78, 5) is 0.147. The van der Waals surface area contributed by atoms with E-state index in [0.717, 1.165) is 0 Å². The SMILES string of the molecule is CC1OCCC1N(C)S(=O)(=O)c1ccc(N)c(Cl)c1. The van der Waals surface area contributed by atoms with Crippen LogP contribution < -0.4 is 5.73 Å². The number of nitrogens with two attached hydrogens (primary N) is 1. The molecule has 1 saturated heterocycles. The van der Waals surface area contributed by atoms with E-state index in [2.05, 4.69) is 0 Å². The number of halogens is 1. The van der Waals surface area contributed by atoms with Gasteiger partial charge in [-0.1, -0.05) is 11.6 Å². The summed E-state index contributed by atoms with van der Waals surface area (Å²) in [6, 6.07) is 4.19. The molecule has 0 amide bonds. The highest BCUT2D eigenvalue weighted by Gasteiger charge is 2.35. The van der Waals surface area contributed by atoms with Gasteiger partial charge in [0.05, 0.1) is 27.8 Å². The summed E-state index contributed by atoms with van der Waals surface area (Å²) >= 11 is 5.88. The standard InChI is InChI=1S/C12H17ClN2O3S/c1-8-12(5-6-18-8)15(2)19(16,17)9-3-4-11(14)10(13)7-9/h3-4,7-8,12H,5-6,14H2,1-2H3. The fraction of sp³-hybridized carbons (Fsp3) is 0.500. The van der Waals surface area contributed by atoms with E-state index in [1.165, 1.54) is 22.5 Å². The summed E-state index contributed by atoms with van der Waals surface area (Å²) in [6.45, 7) is 2.45. The van der Waals surface area contributed by atoms with Crippen LogP contribution in [0.3, 0.4) is 0 Å². The molecule has 2 N–H and O–H groups in total. The fourth-order valence-corrected chi connectivity index (χ4v) is 3.93. The molecule has 7 heteroatoms. The number of hydrogen-bond acceptors (Lipinski definition) is 4. The van der Waals surface area contributed by atoms with Crippen molar-refractivity contribution in [2.75, 3.05) is 19.4 Å². The minimum absolute atomic E-state index is 0.107. The number of nitrogen functional groups attached to an aromatic ring is 1. The lowest BCUT2D eigenvalue weighted by molar-refractivity contribution is 0.102. The van der Waals surface area contributed by atoms with Gasteiger partial charge in [0.15, 0.2) is 0 Å². The molecule has 0 aromatic heterocycles. The first-order valence-corrected chi connectivity index (χ1v) is 7.80. The fourth-order valence-electron chi connectivity index (χ4n) is 2.21. The summed E-state index contributed by atoms with van der Waals surface area (Å²) in [5.74, 6) is 0. The van der Waals surface area contributed by atoms with Crippen molar-refractivity contribution in [2.24, 2.45) is 0 Å². The number of likely N-dealkylation sites (N-methyl/N-ethyl adjacent to an activating group) is 1. The number of hydrogen-bond donors (Lipinski definition) is 1. The molecule has 5 nitrogen and oxygen atoms in total. The van der Waals surface area contributed by atoms with Crippen LogP contribution in [-0.2, 0) is 14.8 Å². The van der Waals surface area contributed by atoms with E-state index in [0.29, 0.717) is 18.7 Å². The van der Waals surface area contributed by atoms with Crippen LogP contribution >= 0.6 is 11.6 Å². The lowest BCUT2D eigenvalue weighted by Gasteiger charge is -2.26. The zero-order valence-corrected chi connectivity index (χ0v) is 12.4. The Hall–Kier alpha value is -0.820. The Morgan fingerprint density at radius 1 is 1.47 bits per heavy atom. The van der Waals surface area contributed by atoms with Gasteiger partial charge in [-0.2, -0.15) is 4.31 Å². The van der Waals surface area contributed by atoms with Crippen LogP contribution in [0.2, 0.25) is 5.02 Å². The molecule has 0 aliphatic carbocycles. The predicted octanol–water partition coefficient (Wildman–Crippen LogP) is 1.72. The molecule has 1 heterocycles. The Labute approximate surface area is 118 Å². The molecule has 0 bridgehead atoms. The number of sulfonamides is 1. The number of rotatable bonds is 3. The molecule has 0 spiro atoms. The molecule has 1 aliphatic heterocycles. The van der Waals surface area contributed by atoms with Crippen molar-refractivity contribution in [3.8, 4) is 0 Å². The van der Waals surface area contributed by atoms with Crippen LogP contribution in [0.1, 0.15) is 13.3 Å². The number of benzene rings is 1. The van der Waals surface area contributed by atoms with Crippen LogP contribution in [-0.4, -0.2) is 38.5 Å². The van der Waals surface area contributed by atoms with Crippen LogP contribution in [0, 0.1) is 0 Å². The van der Waals surface area contributed by atoms with Gasteiger partial charge in [-0.15, -0.1) is 0 Å². The van der Waals surface area contributed by atoms with Crippen molar-refractivity contribution in [2.45, 2.75) is 30.4 Å². The third-order valence-corrected chi connectivity index (χ3v) is 5.66. The summed E-state index contributed by atoms with van der Waals surface area (Å²) in [5, 5.41) is 0.241. The van der Waals surface area contributed by atoms with Crippen LogP contribution in [0.5, 0.6) is 0 Å². The minimum atomic E-state index is -3.58. The number of anilines is 1. The van der Waals surface area contributed by atoms with Crippen LogP contribution in [0.4, 0.5) is 5.69 Å². The van der Waals surface area contributed by atoms with Crippen LogP contribution in [0.15, 0.2) is 23.1 Å². The molecule has 1 aliphatic rings. The van der Waals surface area contributed by atoms with E-state index in [1.54, 1.807) is 7.05 Å². The van der Waals surface area contributed by atoms with E-state index >= 15 is 0 Å². The Morgan fingerprint density at radius 2 is 2.16 bits per heavy atom. The van der Waals surface area contributed by atoms with Gasteiger partial charge < -0.3 is 10.5 Å². The Kier molecular flexibility index (Phi) is 4.06. The molecule has 0 radical (unpaired) electrons. The summed E-state index contributed by atoms with van der Waals surface area (Å²) < 4.78 is 31.8. The van der Waals surface area contributed by atoms with Crippen molar-refractivity contribution in [3.63, 3.8) is 0 Å². The average molecular weight is 305 g/mol. The van der Waals surface area contributed by atoms with Crippen molar-refractivity contribution in [3.05, 3.63) is 23.2 Å². The Bertz CT molecular complexity index is 576. The lowest BCUT2D eigenvalue weighted by atomic mass is 10.2. The first-order valence-electron chi connectivity index (χ1n) is 5.98. The van der Waals surface area contributed by atoms with Crippen molar-refractivity contribution in [1.29, 1.82) is 0 Å². The molecule has 2 rings (SSSR count). The molecule has 2 atom stereocenters. The van der Waals surface area contributed by atoms with Gasteiger partial charge in [-0.25, -0.2) is 8.42 Å². The second kappa shape index (κ2) is 5.28. The van der Waals surface area contributed by atoms with Crippen molar-refractivity contribution >= 4 is 27.3 Å². The van der Waals surface area contributed by atoms with E-state index in [4.69, 9.17) is 22.1 Å². The third kappa shape index (κ3) is 2.72. The van der Waals surface area contributed by atoms with E-state index in [-0.39, 0.29) is 22.1 Å². The van der Waals surface area contributed by atoms with Crippen molar-refractivity contribution < 1.29 is 13.2 Å². The first-order chi connectivity index (χ1) is 8.84. The second-order valence-corrected chi connectivity index (χ2v) is 7.04. The third-order valence-electron chi connectivity index (χ3n) is 3.45. The quantitative estimate of drug-likeness (QED) is 0.863. The molecule has 106 valence electrons. The van der Waals surface area contributed by atoms with Gasteiger partial charge in [0.1, 0.15) is 0 Å². The van der Waals surface area contributed by atoms with Crippen LogP contribution in [0.25, 0.3) is 0 Å². The van der Waals surface area contributed by atoms with Gasteiger partial charge in [-0.05, 0) is 31.5 Å². The largest absolute Gasteiger partial charge is 0.398 e. The zero-order chi connectivity index (χ0) is 14.2. The molecule has 0 saturated carbocycles. The van der Waals surface area contributed by atoms with E-state index in [1.807, 2.05) is 6.92 Å². The smallest absolute Gasteiger partial charge is 0.243 e. The molecule has 1 aromatic carbocycles. The highest BCUT2D eigenvalue weighted by Crippen LogP contribution is 2.28. The average Bonchev–Trinajstić information content (AvgIpc) is 2.77. The second-order valence-electron chi connectivity index (χ2n) is 4.64. The molecule has 1 aromatic rings. The zero-order valence-electron chi connectivity index (χ0n) is 10.8. The Balaban J connectivity index is 2.33. The number of nitrogens with zero attached hydrogens (tertiary/aromatic N) is 1. The topological polar surface area (TPSA) is 72.6 Å². The van der Waals surface area contributed by atoms with Gasteiger partial charge >= 0.3 is 0 Å². The van der Waals surface area contributed by atoms with E-state index in [9.17, 15) is 8.42 Å². The first kappa shape index (κ1) is 14.6. The molecular formula is C12H17ClN2O3S. The normalized spacial score (nSPS) is 24.0. The summed E-state index contributed by atoms with van der Waals surface area (Å²) in [6.07, 6.45) is 0.587. The number of ether oxygens (including phenoxy) is 1. The van der Waals surface area contributed by atoms with Gasteiger partial charge in [0.2, 0.25) is 10.0 Å². The predicted molar refractivity (Wildman–Crippen MR) is 74.6 cm³/mol. The van der Waals surface area contributed by atoms with Gasteiger partial charge in [0, 0.05) is 13.7 Å². The Morgan fingerprint density at radius 3 is 2.68 bits per heavy atom. The highest BCUT2D eigenvalue weighted by molar-refractivity contribution is 7.89.